The van der Waals surface area contributed by atoms with E-state index in [4.69, 9.17) is 0 Å². The number of benzene rings is 3. The number of rotatable bonds is 3. The summed E-state index contributed by atoms with van der Waals surface area (Å²) in [5.41, 5.74) is 4.29. The van der Waals surface area contributed by atoms with Crippen LogP contribution in [0.25, 0.3) is 38.5 Å². The highest BCUT2D eigenvalue weighted by Gasteiger charge is 2.17. The average molecular weight is 429 g/mol. The van der Waals surface area contributed by atoms with Crippen LogP contribution in [0.5, 0.6) is 5.75 Å². The first-order valence-corrected chi connectivity index (χ1v) is 10.7. The molecular weight excluding hydrogens is 410 g/mol. The Morgan fingerprint density at radius 1 is 0.848 bits per heavy atom. The molecule has 0 radical (unpaired) electrons. The number of hydrogen-bond acceptors (Lipinski definition) is 4. The molecular formula is C28H19N3O2. The van der Waals surface area contributed by atoms with Gasteiger partial charge in [-0.1, -0.05) is 48.5 Å². The van der Waals surface area contributed by atoms with Crippen LogP contribution in [0.15, 0.2) is 91.1 Å². The molecule has 1 N–H and O–H groups in total. The number of para-hydroxylation sites is 2. The van der Waals surface area contributed by atoms with Crippen molar-refractivity contribution in [3.8, 4) is 11.6 Å². The van der Waals surface area contributed by atoms with E-state index >= 15 is 0 Å². The summed E-state index contributed by atoms with van der Waals surface area (Å²) in [7, 11) is 0. The number of aryl methyl sites for hydroxylation is 1. The minimum Gasteiger partial charge on any atom is -0.506 e. The van der Waals surface area contributed by atoms with Crippen LogP contribution in [0.2, 0.25) is 0 Å². The van der Waals surface area contributed by atoms with Gasteiger partial charge >= 0.3 is 0 Å². The summed E-state index contributed by atoms with van der Waals surface area (Å²) in [6.07, 6.45) is 1.80. The lowest BCUT2D eigenvalue weighted by Gasteiger charge is -2.08. The van der Waals surface area contributed by atoms with Crippen molar-refractivity contribution in [2.24, 2.45) is 0 Å². The van der Waals surface area contributed by atoms with E-state index in [1.165, 1.54) is 0 Å². The largest absolute Gasteiger partial charge is 0.506 e. The van der Waals surface area contributed by atoms with Gasteiger partial charge in [0.15, 0.2) is 0 Å². The van der Waals surface area contributed by atoms with Gasteiger partial charge in [-0.05, 0) is 48.9 Å². The number of carbonyl (C=O) groups excluding carboxylic acids is 1. The van der Waals surface area contributed by atoms with Crippen molar-refractivity contribution in [1.29, 1.82) is 0 Å². The molecule has 0 spiro atoms. The van der Waals surface area contributed by atoms with Gasteiger partial charge < -0.3 is 5.11 Å². The van der Waals surface area contributed by atoms with Crippen molar-refractivity contribution >= 4 is 38.5 Å². The number of phenolic OH excluding ortho intramolecular Hbond substituents is 1. The van der Waals surface area contributed by atoms with E-state index in [2.05, 4.69) is 26.7 Å². The summed E-state index contributed by atoms with van der Waals surface area (Å²) in [4.78, 5) is 22.4. The fourth-order valence-corrected chi connectivity index (χ4v) is 4.41. The number of aromatic hydroxyl groups is 1. The minimum atomic E-state index is -0.198. The normalized spacial score (nSPS) is 11.4. The van der Waals surface area contributed by atoms with Crippen LogP contribution in [-0.4, -0.2) is 25.4 Å². The van der Waals surface area contributed by atoms with Crippen molar-refractivity contribution < 1.29 is 9.90 Å². The van der Waals surface area contributed by atoms with Gasteiger partial charge in [-0.3, -0.25) is 9.36 Å². The van der Waals surface area contributed by atoms with E-state index in [0.717, 1.165) is 38.6 Å². The molecule has 158 valence electrons. The molecule has 6 rings (SSSR count). The maximum atomic E-state index is 13.4. The summed E-state index contributed by atoms with van der Waals surface area (Å²) in [5.74, 6) is 0.666. The predicted octanol–water partition coefficient (Wildman–Crippen LogP) is 5.97. The van der Waals surface area contributed by atoms with E-state index < -0.39 is 0 Å². The fraction of sp³-hybridized carbons (Fsp3) is 0.0357. The number of carbonyl (C=O) groups is 1. The molecule has 5 heteroatoms. The zero-order valence-corrected chi connectivity index (χ0v) is 17.9. The van der Waals surface area contributed by atoms with Crippen LogP contribution in [0, 0.1) is 6.92 Å². The maximum absolute atomic E-state index is 13.4. The molecule has 0 aliphatic heterocycles. The highest BCUT2D eigenvalue weighted by atomic mass is 16.3. The first-order chi connectivity index (χ1) is 16.1. The summed E-state index contributed by atoms with van der Waals surface area (Å²) < 4.78 is 2.09. The molecule has 0 unspecified atom stereocenters. The van der Waals surface area contributed by atoms with Crippen LogP contribution in [0.4, 0.5) is 0 Å². The first-order valence-electron chi connectivity index (χ1n) is 10.7. The van der Waals surface area contributed by atoms with Gasteiger partial charge in [0.25, 0.3) is 0 Å². The Hall–Kier alpha value is -4.51. The third-order valence-electron chi connectivity index (χ3n) is 6.00. The predicted molar refractivity (Wildman–Crippen MR) is 130 cm³/mol. The molecule has 0 aliphatic carbocycles. The molecule has 0 atom stereocenters. The van der Waals surface area contributed by atoms with Gasteiger partial charge in [-0.25, -0.2) is 9.97 Å². The Balaban J connectivity index is 1.57. The van der Waals surface area contributed by atoms with Crippen molar-refractivity contribution in [1.82, 2.24) is 14.5 Å². The third kappa shape index (κ3) is 3.05. The molecule has 3 aromatic heterocycles. The fourth-order valence-electron chi connectivity index (χ4n) is 4.41. The molecule has 0 amide bonds. The topological polar surface area (TPSA) is 68.0 Å². The number of aromatic nitrogens is 3. The van der Waals surface area contributed by atoms with Gasteiger partial charge in [0.05, 0.1) is 11.0 Å². The van der Waals surface area contributed by atoms with Crippen molar-refractivity contribution in [2.45, 2.75) is 6.92 Å². The minimum absolute atomic E-state index is 0.0586. The van der Waals surface area contributed by atoms with Crippen LogP contribution >= 0.6 is 0 Å². The van der Waals surface area contributed by atoms with Gasteiger partial charge in [0.2, 0.25) is 5.78 Å². The Labute approximate surface area is 189 Å². The van der Waals surface area contributed by atoms with Crippen molar-refractivity contribution in [2.75, 3.05) is 0 Å². The highest BCUT2D eigenvalue weighted by Crippen LogP contribution is 2.32. The molecule has 3 heterocycles. The second-order valence-corrected chi connectivity index (χ2v) is 8.15. The van der Waals surface area contributed by atoms with Crippen LogP contribution in [0.1, 0.15) is 21.6 Å². The molecule has 6 aromatic rings. The second-order valence-electron chi connectivity index (χ2n) is 8.15. The number of nitrogens with zero attached hydrogens (tertiary/aromatic N) is 3. The molecule has 0 fully saturated rings. The summed E-state index contributed by atoms with van der Waals surface area (Å²) in [6.45, 7) is 2.04. The van der Waals surface area contributed by atoms with E-state index in [0.29, 0.717) is 16.8 Å². The molecule has 0 saturated carbocycles. The molecule has 33 heavy (non-hydrogen) atoms. The van der Waals surface area contributed by atoms with Gasteiger partial charge in [-0.2, -0.15) is 0 Å². The number of hydrogen-bond donors (Lipinski definition) is 1. The average Bonchev–Trinajstić information content (AvgIpc) is 3.17. The number of phenols is 1. The van der Waals surface area contributed by atoms with Crippen molar-refractivity contribution in [3.63, 3.8) is 0 Å². The second kappa shape index (κ2) is 7.28. The van der Waals surface area contributed by atoms with Gasteiger partial charge in [0, 0.05) is 27.9 Å². The zero-order valence-electron chi connectivity index (χ0n) is 17.9. The Kier molecular flexibility index (Phi) is 4.23. The summed E-state index contributed by atoms with van der Waals surface area (Å²) >= 11 is 0. The number of ketones is 1. The molecule has 3 aromatic carbocycles. The van der Waals surface area contributed by atoms with E-state index in [1.54, 1.807) is 24.4 Å². The van der Waals surface area contributed by atoms with Gasteiger partial charge in [0.1, 0.15) is 22.8 Å². The number of pyridine rings is 2. The number of fused-ring (bicyclic) bond motifs is 4. The van der Waals surface area contributed by atoms with E-state index in [1.807, 2.05) is 61.5 Å². The standard InChI is InChI=1S/C28H19N3O2/c1-17-13-14-29-26(15-17)31-23-7-3-2-6-20(23)21-11-9-19(16-24(21)31)28(33)22-12-10-18-5-4-8-25(32)27(18)30-22/h2-16,32H,1H3. The van der Waals surface area contributed by atoms with Crippen LogP contribution in [-0.2, 0) is 0 Å². The smallest absolute Gasteiger partial charge is 0.211 e. The first kappa shape index (κ1) is 19.2. The SMILES string of the molecule is Cc1ccnc(-n2c3ccccc3c3ccc(C(=O)c4ccc5cccc(O)c5n4)cc32)c1. The van der Waals surface area contributed by atoms with Crippen molar-refractivity contribution in [3.05, 3.63) is 108 Å². The van der Waals surface area contributed by atoms with E-state index in [9.17, 15) is 9.90 Å². The lowest BCUT2D eigenvalue weighted by molar-refractivity contribution is 0.103. The maximum Gasteiger partial charge on any atom is 0.211 e. The molecule has 0 bridgehead atoms. The zero-order chi connectivity index (χ0) is 22.5. The quantitative estimate of drug-likeness (QED) is 0.352. The highest BCUT2D eigenvalue weighted by molar-refractivity contribution is 6.14. The van der Waals surface area contributed by atoms with Crippen LogP contribution < -0.4 is 0 Å². The Morgan fingerprint density at radius 3 is 2.58 bits per heavy atom. The summed E-state index contributed by atoms with van der Waals surface area (Å²) in [6, 6.07) is 26.6. The Morgan fingerprint density at radius 2 is 1.70 bits per heavy atom. The molecule has 5 nitrogen and oxygen atoms in total. The van der Waals surface area contributed by atoms with E-state index in [-0.39, 0.29) is 11.5 Å². The monoisotopic (exact) mass is 429 g/mol. The lowest BCUT2D eigenvalue weighted by atomic mass is 10.0. The summed E-state index contributed by atoms with van der Waals surface area (Å²) in [5, 5.41) is 13.1. The molecule has 0 aliphatic rings. The third-order valence-corrected chi connectivity index (χ3v) is 6.00. The van der Waals surface area contributed by atoms with Crippen LogP contribution in [0.3, 0.4) is 0 Å². The Bertz CT molecular complexity index is 1720. The molecule has 0 saturated heterocycles. The van der Waals surface area contributed by atoms with Gasteiger partial charge in [-0.15, -0.1) is 0 Å². The lowest BCUT2D eigenvalue weighted by Crippen LogP contribution is -2.05.